The monoisotopic (exact) mass is 432 g/mol. The van der Waals surface area contributed by atoms with Gasteiger partial charge in [-0.2, -0.15) is 0 Å². The maximum atomic E-state index is 13.6. The lowest BCUT2D eigenvalue weighted by atomic mass is 10.1. The fourth-order valence-electron chi connectivity index (χ4n) is 3.02. The van der Waals surface area contributed by atoms with E-state index in [1.807, 2.05) is 24.3 Å². The Morgan fingerprint density at radius 1 is 0.968 bits per heavy atom. The summed E-state index contributed by atoms with van der Waals surface area (Å²) in [5.74, 6) is -1.77. The summed E-state index contributed by atoms with van der Waals surface area (Å²) >= 11 is 0. The van der Waals surface area contributed by atoms with E-state index in [1.54, 1.807) is 6.20 Å². The molecular weight excluding hydrogens is 416 g/mol. The lowest BCUT2D eigenvalue weighted by Gasteiger charge is -2.09. The highest BCUT2D eigenvalue weighted by molar-refractivity contribution is 5.74. The van der Waals surface area contributed by atoms with Gasteiger partial charge in [0.2, 0.25) is 11.8 Å². The Morgan fingerprint density at radius 2 is 1.81 bits per heavy atom. The third-order valence-corrected chi connectivity index (χ3v) is 4.47. The van der Waals surface area contributed by atoms with Crippen LogP contribution in [0.15, 0.2) is 53.1 Å². The van der Waals surface area contributed by atoms with Gasteiger partial charge in [0.25, 0.3) is 0 Å². The van der Waals surface area contributed by atoms with Crippen LogP contribution < -0.4 is 4.74 Å². The number of hydrogen-bond acceptors (Lipinski definition) is 6. The van der Waals surface area contributed by atoms with Crippen molar-refractivity contribution < 1.29 is 26.7 Å². The molecule has 0 saturated heterocycles. The van der Waals surface area contributed by atoms with E-state index in [-0.39, 0.29) is 11.5 Å². The lowest BCUT2D eigenvalue weighted by Crippen LogP contribution is -2.18. The Morgan fingerprint density at radius 3 is 2.65 bits per heavy atom. The first kappa shape index (κ1) is 20.7. The minimum Gasteiger partial charge on any atom is -0.421 e. The Hall–Kier alpha value is -3.56. The molecule has 0 aliphatic carbocycles. The van der Waals surface area contributed by atoms with Crippen LogP contribution in [0.5, 0.6) is 5.75 Å². The van der Waals surface area contributed by atoms with Crippen LogP contribution in [-0.2, 0) is 12.8 Å². The molecule has 0 radical (unpaired) electrons. The zero-order chi connectivity index (χ0) is 21.8. The van der Waals surface area contributed by atoms with Gasteiger partial charge in [0.1, 0.15) is 0 Å². The second-order valence-corrected chi connectivity index (χ2v) is 6.75. The first-order valence-electron chi connectivity index (χ1n) is 9.46. The van der Waals surface area contributed by atoms with Gasteiger partial charge in [-0.15, -0.1) is 23.4 Å². The molecule has 3 aromatic heterocycles. The third-order valence-electron chi connectivity index (χ3n) is 4.47. The van der Waals surface area contributed by atoms with Gasteiger partial charge in [0, 0.05) is 29.3 Å². The topological polar surface area (TPSA) is 73.9 Å². The van der Waals surface area contributed by atoms with Crippen LogP contribution in [0.4, 0.5) is 17.6 Å². The molecule has 0 aliphatic heterocycles. The number of fused-ring (bicyclic) bond motifs is 1. The summed E-state index contributed by atoms with van der Waals surface area (Å²) < 4.78 is 59.9. The van der Waals surface area contributed by atoms with Crippen LogP contribution in [0.2, 0.25) is 0 Å². The lowest BCUT2D eigenvalue weighted by molar-refractivity contribution is -0.275. The van der Waals surface area contributed by atoms with E-state index in [1.165, 1.54) is 6.07 Å². The molecule has 6 nitrogen and oxygen atoms in total. The highest BCUT2D eigenvalue weighted by Gasteiger charge is 2.32. The molecule has 0 fully saturated rings. The zero-order valence-electron chi connectivity index (χ0n) is 16.1. The zero-order valence-corrected chi connectivity index (χ0v) is 16.1. The first-order valence-corrected chi connectivity index (χ1v) is 9.46. The first-order chi connectivity index (χ1) is 14.9. The molecule has 0 N–H and O–H groups in total. The van der Waals surface area contributed by atoms with Gasteiger partial charge in [-0.3, -0.25) is 0 Å². The molecule has 31 heavy (non-hydrogen) atoms. The third kappa shape index (κ3) is 5.33. The Balaban J connectivity index is 1.34. The van der Waals surface area contributed by atoms with E-state index < -0.39 is 17.9 Å². The van der Waals surface area contributed by atoms with E-state index in [0.717, 1.165) is 42.5 Å². The number of pyridine rings is 2. The van der Waals surface area contributed by atoms with Crippen molar-refractivity contribution in [3.63, 3.8) is 0 Å². The van der Waals surface area contributed by atoms with Crippen LogP contribution >= 0.6 is 0 Å². The van der Waals surface area contributed by atoms with E-state index in [4.69, 9.17) is 4.42 Å². The van der Waals surface area contributed by atoms with Crippen LogP contribution in [-0.4, -0.2) is 26.5 Å². The van der Waals surface area contributed by atoms with Crippen molar-refractivity contribution in [1.82, 2.24) is 20.2 Å². The van der Waals surface area contributed by atoms with Crippen LogP contribution in [0, 0.1) is 5.82 Å². The maximum absolute atomic E-state index is 13.6. The van der Waals surface area contributed by atoms with Crippen molar-refractivity contribution in [3.05, 3.63) is 66.1 Å². The van der Waals surface area contributed by atoms with Crippen molar-refractivity contribution in [2.24, 2.45) is 0 Å². The molecule has 0 bridgehead atoms. The molecule has 4 rings (SSSR count). The number of rotatable bonds is 7. The van der Waals surface area contributed by atoms with Gasteiger partial charge in [-0.1, -0.05) is 0 Å². The molecule has 0 amide bonds. The molecule has 0 aliphatic rings. The fourth-order valence-corrected chi connectivity index (χ4v) is 3.02. The van der Waals surface area contributed by atoms with E-state index in [9.17, 15) is 17.6 Å². The van der Waals surface area contributed by atoms with Crippen LogP contribution in [0.25, 0.3) is 22.5 Å². The molecule has 0 unspecified atom stereocenters. The van der Waals surface area contributed by atoms with Crippen molar-refractivity contribution in [2.75, 3.05) is 0 Å². The predicted molar refractivity (Wildman–Crippen MR) is 103 cm³/mol. The second-order valence-electron chi connectivity index (χ2n) is 6.75. The highest BCUT2D eigenvalue weighted by Crippen LogP contribution is 2.30. The van der Waals surface area contributed by atoms with Crippen molar-refractivity contribution in [2.45, 2.75) is 32.0 Å². The van der Waals surface area contributed by atoms with E-state index in [2.05, 4.69) is 24.9 Å². The normalized spacial score (nSPS) is 11.7. The maximum Gasteiger partial charge on any atom is 0.573 e. The fraction of sp³-hybridized carbons (Fsp3) is 0.238. The Labute approximate surface area is 173 Å². The molecule has 160 valence electrons. The van der Waals surface area contributed by atoms with Gasteiger partial charge < -0.3 is 9.15 Å². The van der Waals surface area contributed by atoms with Gasteiger partial charge in [0.05, 0.1) is 0 Å². The largest absolute Gasteiger partial charge is 0.573 e. The molecular formula is C21H16F4N4O2. The molecule has 4 aromatic rings. The smallest absolute Gasteiger partial charge is 0.421 e. The number of alkyl halides is 3. The summed E-state index contributed by atoms with van der Waals surface area (Å²) in [7, 11) is 0. The summed E-state index contributed by atoms with van der Waals surface area (Å²) in [5, 5.41) is 8.71. The van der Waals surface area contributed by atoms with Crippen LogP contribution in [0.1, 0.15) is 24.4 Å². The number of aryl methyl sites for hydroxylation is 2. The Kier molecular flexibility index (Phi) is 5.79. The molecule has 1 aromatic carbocycles. The number of halogens is 4. The SMILES string of the molecule is Fc1ccc(-c2nnc(CCCCc3ccc4cccnc4n3)o2)cc1OC(F)(F)F. The van der Waals surface area contributed by atoms with Crippen molar-refractivity contribution in [3.8, 4) is 17.2 Å². The van der Waals surface area contributed by atoms with Crippen molar-refractivity contribution >= 4 is 11.0 Å². The van der Waals surface area contributed by atoms with Crippen molar-refractivity contribution in [1.29, 1.82) is 0 Å². The summed E-state index contributed by atoms with van der Waals surface area (Å²) in [6.45, 7) is 0. The Bertz CT molecular complexity index is 1190. The minimum atomic E-state index is -5.00. The van der Waals surface area contributed by atoms with Gasteiger partial charge >= 0.3 is 6.36 Å². The summed E-state index contributed by atoms with van der Waals surface area (Å²) in [6, 6.07) is 10.7. The number of unbranched alkanes of at least 4 members (excludes halogenated alkanes) is 1. The summed E-state index contributed by atoms with van der Waals surface area (Å²) in [5.41, 5.74) is 1.77. The highest BCUT2D eigenvalue weighted by atomic mass is 19.4. The van der Waals surface area contributed by atoms with E-state index >= 15 is 0 Å². The van der Waals surface area contributed by atoms with Gasteiger partial charge in [-0.05, 0) is 61.7 Å². The summed E-state index contributed by atoms with van der Waals surface area (Å²) in [4.78, 5) is 8.76. The molecule has 0 atom stereocenters. The number of ether oxygens (including phenoxy) is 1. The molecule has 0 saturated carbocycles. The van der Waals surface area contributed by atoms with E-state index in [0.29, 0.717) is 18.0 Å². The quantitative estimate of drug-likeness (QED) is 0.292. The molecule has 10 heteroatoms. The predicted octanol–water partition coefficient (Wildman–Crippen LogP) is 5.28. The number of nitrogens with zero attached hydrogens (tertiary/aromatic N) is 4. The number of hydrogen-bond donors (Lipinski definition) is 0. The summed E-state index contributed by atoms with van der Waals surface area (Å²) in [6.07, 6.45) is -0.491. The molecule has 3 heterocycles. The average molecular weight is 432 g/mol. The average Bonchev–Trinajstić information content (AvgIpc) is 3.21. The number of benzene rings is 1. The minimum absolute atomic E-state index is 0.00991. The van der Waals surface area contributed by atoms with Gasteiger partial charge in [0.15, 0.2) is 17.2 Å². The standard InChI is InChI=1S/C21H16F4N4O2/c22-16-10-8-14(12-17(16)31-21(23,24)25)20-29-28-18(30-20)6-2-1-5-15-9-7-13-4-3-11-26-19(13)27-15/h3-4,7-12H,1-2,5-6H2. The van der Waals surface area contributed by atoms with Crippen LogP contribution in [0.3, 0.4) is 0 Å². The van der Waals surface area contributed by atoms with Gasteiger partial charge in [-0.25, -0.2) is 14.4 Å². The second kappa shape index (κ2) is 8.66. The number of aromatic nitrogens is 4. The molecule has 0 spiro atoms.